The molecule has 0 aliphatic carbocycles. The summed E-state index contributed by atoms with van der Waals surface area (Å²) in [5.74, 6) is -0.494. The molecule has 2 bridgehead atoms. The van der Waals surface area contributed by atoms with E-state index in [1.54, 1.807) is 19.1 Å². The van der Waals surface area contributed by atoms with E-state index in [4.69, 9.17) is 5.73 Å². The van der Waals surface area contributed by atoms with Crippen LogP contribution >= 0.6 is 0 Å². The van der Waals surface area contributed by atoms with Crippen molar-refractivity contribution in [2.75, 3.05) is 19.6 Å². The maximum atomic E-state index is 13.1. The van der Waals surface area contributed by atoms with E-state index in [1.165, 1.54) is 17.0 Å². The molecule has 1 aromatic rings. The van der Waals surface area contributed by atoms with Crippen molar-refractivity contribution in [3.63, 3.8) is 0 Å². The van der Waals surface area contributed by atoms with E-state index in [0.717, 1.165) is 24.9 Å². The summed E-state index contributed by atoms with van der Waals surface area (Å²) in [6.45, 7) is 5.81. The monoisotopic (exact) mass is 403 g/mol. The predicted molar refractivity (Wildman–Crippen MR) is 107 cm³/mol. The van der Waals surface area contributed by atoms with Gasteiger partial charge in [0.25, 0.3) is 0 Å². The lowest BCUT2D eigenvalue weighted by atomic mass is 10.1. The maximum Gasteiger partial charge on any atom is 0.241 e. The number of aliphatic hydroxyl groups excluding tert-OH is 1. The number of hydrogen-bond acceptors (Lipinski definition) is 6. The first kappa shape index (κ1) is 21.7. The summed E-state index contributed by atoms with van der Waals surface area (Å²) in [7, 11) is 0. The second-order valence-electron chi connectivity index (χ2n) is 8.07. The first-order valence-electron chi connectivity index (χ1n) is 10.2. The molecule has 3 N–H and O–H groups in total. The van der Waals surface area contributed by atoms with E-state index >= 15 is 0 Å². The summed E-state index contributed by atoms with van der Waals surface area (Å²) in [6.07, 6.45) is 0.929. The van der Waals surface area contributed by atoms with Crippen LogP contribution in [0.15, 0.2) is 24.3 Å². The molecule has 2 heterocycles. The molecule has 3 rings (SSSR count). The summed E-state index contributed by atoms with van der Waals surface area (Å²) in [4.78, 5) is 18.4. The van der Waals surface area contributed by atoms with Crippen molar-refractivity contribution in [1.82, 2.24) is 14.7 Å². The average molecular weight is 404 g/mol. The zero-order valence-corrected chi connectivity index (χ0v) is 17.0. The molecule has 2 saturated heterocycles. The molecule has 8 heteroatoms. The number of hydrogen-bond donors (Lipinski definition) is 2. The van der Waals surface area contributed by atoms with Crippen LogP contribution in [0.5, 0.6) is 0 Å². The number of nitriles is 1. The van der Waals surface area contributed by atoms with Crippen molar-refractivity contribution in [1.29, 1.82) is 5.26 Å². The van der Waals surface area contributed by atoms with Crippen LogP contribution in [-0.4, -0.2) is 75.7 Å². The van der Waals surface area contributed by atoms with Gasteiger partial charge in [-0.3, -0.25) is 14.6 Å². The van der Waals surface area contributed by atoms with Crippen LogP contribution in [0.25, 0.3) is 0 Å². The fraction of sp³-hybridized carbons (Fsp3) is 0.619. The Balaban J connectivity index is 1.59. The fourth-order valence-corrected chi connectivity index (χ4v) is 4.48. The molecule has 1 aromatic carbocycles. The number of benzene rings is 1. The Labute approximate surface area is 171 Å². The number of nitrogens with zero attached hydrogens (tertiary/aromatic N) is 4. The number of aliphatic hydroxyl groups is 1. The van der Waals surface area contributed by atoms with Gasteiger partial charge in [-0.15, -0.1) is 0 Å². The maximum absolute atomic E-state index is 13.1. The van der Waals surface area contributed by atoms with Crippen molar-refractivity contribution in [3.05, 3.63) is 35.6 Å². The summed E-state index contributed by atoms with van der Waals surface area (Å²) < 4.78 is 13.1. The van der Waals surface area contributed by atoms with E-state index in [1.807, 2.05) is 11.8 Å². The lowest BCUT2D eigenvalue weighted by Gasteiger charge is -2.39. The van der Waals surface area contributed by atoms with Crippen LogP contribution in [0.3, 0.4) is 0 Å². The van der Waals surface area contributed by atoms with E-state index < -0.39 is 18.3 Å². The number of piperazine rings is 1. The first-order chi connectivity index (χ1) is 13.8. The van der Waals surface area contributed by atoms with Gasteiger partial charge in [0.05, 0.1) is 18.2 Å². The number of rotatable bonds is 8. The molecule has 5 atom stereocenters. The zero-order chi connectivity index (χ0) is 21.1. The minimum atomic E-state index is -0.727. The smallest absolute Gasteiger partial charge is 0.241 e. The Kier molecular flexibility index (Phi) is 6.85. The summed E-state index contributed by atoms with van der Waals surface area (Å²) in [6, 6.07) is 7.29. The Morgan fingerprint density at radius 1 is 1.45 bits per heavy atom. The average Bonchev–Trinajstić information content (AvgIpc) is 3.25. The molecule has 0 radical (unpaired) electrons. The molecular formula is C21H30FN5O2. The van der Waals surface area contributed by atoms with Crippen LogP contribution in [0.4, 0.5) is 4.39 Å². The third kappa shape index (κ3) is 4.59. The van der Waals surface area contributed by atoms with Gasteiger partial charge in [0, 0.05) is 32.2 Å². The highest BCUT2D eigenvalue weighted by Gasteiger charge is 2.50. The Morgan fingerprint density at radius 3 is 2.72 bits per heavy atom. The van der Waals surface area contributed by atoms with Crippen LogP contribution in [0.2, 0.25) is 0 Å². The quantitative estimate of drug-likeness (QED) is 0.669. The molecule has 29 heavy (non-hydrogen) atoms. The van der Waals surface area contributed by atoms with Gasteiger partial charge in [-0.05, 0) is 37.5 Å². The lowest BCUT2D eigenvalue weighted by Crippen LogP contribution is -2.58. The van der Waals surface area contributed by atoms with Crippen molar-refractivity contribution in [3.8, 4) is 6.07 Å². The fourth-order valence-electron chi connectivity index (χ4n) is 4.48. The van der Waals surface area contributed by atoms with Gasteiger partial charge in [0.15, 0.2) is 0 Å². The van der Waals surface area contributed by atoms with Gasteiger partial charge < -0.3 is 15.7 Å². The van der Waals surface area contributed by atoms with Crippen LogP contribution in [-0.2, 0) is 11.3 Å². The minimum Gasteiger partial charge on any atom is -0.377 e. The number of halogens is 1. The van der Waals surface area contributed by atoms with Gasteiger partial charge in [-0.25, -0.2) is 4.39 Å². The zero-order valence-electron chi connectivity index (χ0n) is 17.0. The number of likely N-dealkylation sites (tertiary alicyclic amines) is 2. The van der Waals surface area contributed by atoms with Crippen molar-refractivity contribution >= 4 is 5.91 Å². The van der Waals surface area contributed by atoms with Gasteiger partial charge in [0.1, 0.15) is 18.1 Å². The predicted octanol–water partition coefficient (Wildman–Crippen LogP) is 0.881. The van der Waals surface area contributed by atoms with E-state index in [0.29, 0.717) is 19.6 Å². The van der Waals surface area contributed by atoms with E-state index in [9.17, 15) is 19.6 Å². The summed E-state index contributed by atoms with van der Waals surface area (Å²) in [5.41, 5.74) is 7.15. The van der Waals surface area contributed by atoms with Crippen LogP contribution < -0.4 is 5.73 Å². The number of fused-ring (bicyclic) bond motifs is 2. The number of nitrogens with two attached hydrogens (primary N) is 1. The molecule has 0 aromatic heterocycles. The minimum absolute atomic E-state index is 0.0766. The Hall–Kier alpha value is -2.05. The molecule has 1 amide bonds. The van der Waals surface area contributed by atoms with Crippen LogP contribution in [0.1, 0.15) is 32.3 Å². The molecule has 158 valence electrons. The third-order valence-corrected chi connectivity index (χ3v) is 6.01. The van der Waals surface area contributed by atoms with Gasteiger partial charge in [-0.1, -0.05) is 19.1 Å². The lowest BCUT2D eigenvalue weighted by molar-refractivity contribution is -0.135. The Morgan fingerprint density at radius 2 is 2.14 bits per heavy atom. The summed E-state index contributed by atoms with van der Waals surface area (Å²) >= 11 is 0. The molecule has 2 fully saturated rings. The van der Waals surface area contributed by atoms with Crippen LogP contribution in [0, 0.1) is 17.1 Å². The molecule has 2 aliphatic rings. The van der Waals surface area contributed by atoms with E-state index in [2.05, 4.69) is 11.0 Å². The number of amides is 1. The highest BCUT2D eigenvalue weighted by atomic mass is 19.1. The normalized spacial score (nSPS) is 26.3. The van der Waals surface area contributed by atoms with Gasteiger partial charge >= 0.3 is 0 Å². The SMILES string of the molecule is CCCN(C(=O)C(N)CN1C[C@@H]2CC1C(O)N2Cc1ccc(F)cc1)[C@@H](C)C#N. The number of carbonyl (C=O) groups is 1. The standard InChI is InChI=1S/C21H30FN5O2/c1-3-8-26(14(2)10-23)20(28)18(24)13-25-12-17-9-19(25)21(29)27(17)11-15-4-6-16(22)7-5-15/h4-7,14,17-19,21,29H,3,8-9,11-13,24H2,1-2H3/t14-,17-,18?,19?,21?/m0/s1. The Bertz CT molecular complexity index is 750. The number of carbonyl (C=O) groups excluding carboxylic acids is 1. The van der Waals surface area contributed by atoms with Crippen molar-refractivity contribution in [2.24, 2.45) is 5.73 Å². The van der Waals surface area contributed by atoms with Gasteiger partial charge in [-0.2, -0.15) is 5.26 Å². The van der Waals surface area contributed by atoms with Gasteiger partial charge in [0.2, 0.25) is 5.91 Å². The molecule has 7 nitrogen and oxygen atoms in total. The second kappa shape index (κ2) is 9.18. The molecule has 0 saturated carbocycles. The topological polar surface area (TPSA) is 96.8 Å². The molecular weight excluding hydrogens is 373 g/mol. The summed E-state index contributed by atoms with van der Waals surface area (Å²) in [5, 5.41) is 19.9. The first-order valence-corrected chi connectivity index (χ1v) is 10.2. The highest BCUT2D eigenvalue weighted by molar-refractivity contribution is 5.82. The molecule has 0 spiro atoms. The molecule has 2 aliphatic heterocycles. The van der Waals surface area contributed by atoms with Crippen molar-refractivity contribution in [2.45, 2.75) is 63.6 Å². The third-order valence-electron chi connectivity index (χ3n) is 6.01. The van der Waals surface area contributed by atoms with Crippen molar-refractivity contribution < 1.29 is 14.3 Å². The van der Waals surface area contributed by atoms with E-state index in [-0.39, 0.29) is 23.8 Å². The largest absolute Gasteiger partial charge is 0.377 e. The highest BCUT2D eigenvalue weighted by Crippen LogP contribution is 2.35. The molecule has 3 unspecified atom stereocenters. The second-order valence-corrected chi connectivity index (χ2v) is 8.07.